The van der Waals surface area contributed by atoms with Crippen LogP contribution in [0.1, 0.15) is 67.9 Å². The SMILES string of the molecule is CCCN1c2cc(F)c(/C=N\NC(=O)c3cc(Br)ccc3OC)cc2C(C)CC1(C)C. The Kier molecular flexibility index (Phi) is 7.04. The zero-order valence-corrected chi connectivity index (χ0v) is 20.2. The number of carbonyl (C=O) groups is 1. The van der Waals surface area contributed by atoms with Gasteiger partial charge in [0, 0.05) is 27.8 Å². The molecule has 0 saturated heterocycles. The van der Waals surface area contributed by atoms with Gasteiger partial charge in [-0.1, -0.05) is 29.8 Å². The zero-order chi connectivity index (χ0) is 22.8. The first-order chi connectivity index (χ1) is 14.7. The number of anilines is 1. The highest BCUT2D eigenvalue weighted by molar-refractivity contribution is 9.10. The Morgan fingerprint density at radius 3 is 2.81 bits per heavy atom. The highest BCUT2D eigenvalue weighted by Gasteiger charge is 2.36. The zero-order valence-electron chi connectivity index (χ0n) is 18.6. The van der Waals surface area contributed by atoms with Gasteiger partial charge in [0.2, 0.25) is 0 Å². The molecule has 166 valence electrons. The van der Waals surface area contributed by atoms with Gasteiger partial charge in [-0.3, -0.25) is 4.79 Å². The monoisotopic (exact) mass is 489 g/mol. The third kappa shape index (κ3) is 4.92. The van der Waals surface area contributed by atoms with Gasteiger partial charge in [-0.15, -0.1) is 0 Å². The molecule has 0 aromatic heterocycles. The molecule has 1 atom stereocenters. The van der Waals surface area contributed by atoms with Crippen molar-refractivity contribution in [2.75, 3.05) is 18.6 Å². The number of ether oxygens (including phenoxy) is 1. The van der Waals surface area contributed by atoms with E-state index in [9.17, 15) is 9.18 Å². The van der Waals surface area contributed by atoms with Crippen molar-refractivity contribution in [1.29, 1.82) is 0 Å². The summed E-state index contributed by atoms with van der Waals surface area (Å²) in [6.07, 6.45) is 3.34. The van der Waals surface area contributed by atoms with Gasteiger partial charge in [0.15, 0.2) is 0 Å². The molecule has 0 bridgehead atoms. The Morgan fingerprint density at radius 2 is 2.13 bits per heavy atom. The Morgan fingerprint density at radius 1 is 1.39 bits per heavy atom. The van der Waals surface area contributed by atoms with E-state index in [0.717, 1.165) is 35.1 Å². The second kappa shape index (κ2) is 9.39. The van der Waals surface area contributed by atoms with E-state index >= 15 is 0 Å². The van der Waals surface area contributed by atoms with Crippen LogP contribution in [-0.4, -0.2) is 31.3 Å². The molecule has 1 amide bonds. The van der Waals surface area contributed by atoms with Crippen LogP contribution >= 0.6 is 15.9 Å². The molecule has 1 heterocycles. The van der Waals surface area contributed by atoms with E-state index < -0.39 is 5.91 Å². The molecule has 0 aliphatic carbocycles. The van der Waals surface area contributed by atoms with E-state index in [1.54, 1.807) is 24.3 Å². The average molecular weight is 490 g/mol. The van der Waals surface area contributed by atoms with Gasteiger partial charge in [0.05, 0.1) is 18.9 Å². The molecule has 0 saturated carbocycles. The Bertz CT molecular complexity index is 1010. The average Bonchev–Trinajstić information content (AvgIpc) is 2.71. The fourth-order valence-electron chi connectivity index (χ4n) is 4.35. The first kappa shape index (κ1) is 23.3. The number of nitrogens with zero attached hydrogens (tertiary/aromatic N) is 2. The molecular weight excluding hydrogens is 461 g/mol. The van der Waals surface area contributed by atoms with Crippen LogP contribution in [0.3, 0.4) is 0 Å². The third-order valence-electron chi connectivity index (χ3n) is 5.73. The van der Waals surface area contributed by atoms with Gasteiger partial charge in [-0.2, -0.15) is 5.10 Å². The predicted octanol–water partition coefficient (Wildman–Crippen LogP) is 5.86. The largest absolute Gasteiger partial charge is 0.496 e. The normalized spacial score (nSPS) is 17.5. The summed E-state index contributed by atoms with van der Waals surface area (Å²) in [5, 5.41) is 3.99. The minimum atomic E-state index is -0.433. The summed E-state index contributed by atoms with van der Waals surface area (Å²) in [4.78, 5) is 14.8. The van der Waals surface area contributed by atoms with Crippen LogP contribution in [0.2, 0.25) is 0 Å². The summed E-state index contributed by atoms with van der Waals surface area (Å²) in [7, 11) is 1.50. The van der Waals surface area contributed by atoms with E-state index in [2.05, 4.69) is 59.1 Å². The lowest BCUT2D eigenvalue weighted by molar-refractivity contribution is 0.0952. The van der Waals surface area contributed by atoms with Crippen molar-refractivity contribution < 1.29 is 13.9 Å². The summed E-state index contributed by atoms with van der Waals surface area (Å²) in [6.45, 7) is 9.60. The van der Waals surface area contributed by atoms with Crippen molar-refractivity contribution in [2.45, 2.75) is 52.0 Å². The van der Waals surface area contributed by atoms with Gasteiger partial charge < -0.3 is 9.64 Å². The fraction of sp³-hybridized carbons (Fsp3) is 0.417. The standard InChI is InChI=1S/C24H29BrFN3O2/c1-6-9-29-21-12-20(26)16(10-18(21)15(2)13-24(29,3)4)14-27-28-23(30)19-11-17(25)7-8-22(19)31-5/h7-8,10-12,14-15H,6,9,13H2,1-5H3,(H,28,30)/b27-14-. The van der Waals surface area contributed by atoms with Crippen LogP contribution in [0.15, 0.2) is 39.9 Å². The second-order valence-electron chi connectivity index (χ2n) is 8.55. The fourth-order valence-corrected chi connectivity index (χ4v) is 4.71. The molecule has 31 heavy (non-hydrogen) atoms. The first-order valence-corrected chi connectivity index (χ1v) is 11.2. The van der Waals surface area contributed by atoms with Gasteiger partial charge in [-0.05, 0) is 68.5 Å². The number of amides is 1. The summed E-state index contributed by atoms with van der Waals surface area (Å²) >= 11 is 3.35. The van der Waals surface area contributed by atoms with Gasteiger partial charge >= 0.3 is 0 Å². The minimum Gasteiger partial charge on any atom is -0.496 e. The molecule has 3 rings (SSSR count). The van der Waals surface area contributed by atoms with Crippen molar-refractivity contribution in [3.05, 3.63) is 57.3 Å². The molecule has 1 N–H and O–H groups in total. The molecule has 2 aromatic carbocycles. The van der Waals surface area contributed by atoms with Crippen LogP contribution in [-0.2, 0) is 0 Å². The second-order valence-corrected chi connectivity index (χ2v) is 9.46. The number of rotatable bonds is 6. The molecule has 1 aliphatic heterocycles. The predicted molar refractivity (Wildman–Crippen MR) is 127 cm³/mol. The smallest absolute Gasteiger partial charge is 0.275 e. The maximum absolute atomic E-state index is 14.9. The van der Waals surface area contributed by atoms with E-state index in [0.29, 0.717) is 22.8 Å². The number of carbonyl (C=O) groups excluding carboxylic acids is 1. The molecule has 1 aliphatic rings. The quantitative estimate of drug-likeness (QED) is 0.408. The summed E-state index contributed by atoms with van der Waals surface area (Å²) in [5.41, 5.74) is 5.18. The highest BCUT2D eigenvalue weighted by atomic mass is 79.9. The van der Waals surface area contributed by atoms with Crippen LogP contribution < -0.4 is 15.1 Å². The van der Waals surface area contributed by atoms with Crippen molar-refractivity contribution >= 4 is 33.7 Å². The maximum Gasteiger partial charge on any atom is 0.275 e. The number of hydrazone groups is 1. The van der Waals surface area contributed by atoms with Crippen molar-refractivity contribution in [2.24, 2.45) is 5.10 Å². The third-order valence-corrected chi connectivity index (χ3v) is 6.22. The lowest BCUT2D eigenvalue weighted by atomic mass is 9.79. The van der Waals surface area contributed by atoms with E-state index in [1.165, 1.54) is 13.3 Å². The van der Waals surface area contributed by atoms with Crippen molar-refractivity contribution in [1.82, 2.24) is 5.43 Å². The molecule has 7 heteroatoms. The molecule has 2 aromatic rings. The first-order valence-electron chi connectivity index (χ1n) is 10.5. The summed E-state index contributed by atoms with van der Waals surface area (Å²) in [6, 6.07) is 8.57. The number of hydrogen-bond donors (Lipinski definition) is 1. The van der Waals surface area contributed by atoms with Crippen LogP contribution in [0.5, 0.6) is 5.75 Å². The molecule has 0 radical (unpaired) electrons. The van der Waals surface area contributed by atoms with Crippen molar-refractivity contribution in [3.8, 4) is 5.75 Å². The summed E-state index contributed by atoms with van der Waals surface area (Å²) in [5.74, 6) is -0.0607. The number of halogens is 2. The van der Waals surface area contributed by atoms with E-state index in [-0.39, 0.29) is 11.4 Å². The topological polar surface area (TPSA) is 53.9 Å². The highest BCUT2D eigenvalue weighted by Crippen LogP contribution is 2.44. The van der Waals surface area contributed by atoms with E-state index in [1.807, 2.05) is 6.07 Å². The molecule has 5 nitrogen and oxygen atoms in total. The molecular formula is C24H29BrFN3O2. The maximum atomic E-state index is 14.9. The van der Waals surface area contributed by atoms with Crippen molar-refractivity contribution in [3.63, 3.8) is 0 Å². The number of fused-ring (bicyclic) bond motifs is 1. The van der Waals surface area contributed by atoms with Crippen LogP contribution in [0.25, 0.3) is 0 Å². The summed E-state index contributed by atoms with van der Waals surface area (Å²) < 4.78 is 20.9. The number of hydrogen-bond acceptors (Lipinski definition) is 4. The van der Waals surface area contributed by atoms with Crippen LogP contribution in [0.4, 0.5) is 10.1 Å². The Hall–Kier alpha value is -2.41. The van der Waals surface area contributed by atoms with E-state index in [4.69, 9.17) is 4.74 Å². The van der Waals surface area contributed by atoms with Crippen LogP contribution in [0, 0.1) is 5.82 Å². The lowest BCUT2D eigenvalue weighted by Gasteiger charge is -2.47. The minimum absolute atomic E-state index is 0.0263. The molecule has 0 fully saturated rings. The number of benzene rings is 2. The van der Waals surface area contributed by atoms with Gasteiger partial charge in [-0.25, -0.2) is 9.82 Å². The number of methoxy groups -OCH3 is 1. The lowest BCUT2D eigenvalue weighted by Crippen LogP contribution is -2.48. The van der Waals surface area contributed by atoms with Gasteiger partial charge in [0.1, 0.15) is 11.6 Å². The Balaban J connectivity index is 1.85. The molecule has 0 spiro atoms. The van der Waals surface area contributed by atoms with Gasteiger partial charge in [0.25, 0.3) is 5.91 Å². The number of nitrogens with one attached hydrogen (secondary N) is 1. The molecule has 1 unspecified atom stereocenters. The Labute approximate surface area is 191 Å².